The average molecular weight is 284 g/mol. The van der Waals surface area contributed by atoms with Gasteiger partial charge in [-0.1, -0.05) is 13.8 Å². The van der Waals surface area contributed by atoms with Gasteiger partial charge in [-0.15, -0.1) is 0 Å². The number of hydrogen-bond acceptors (Lipinski definition) is 4. The third kappa shape index (κ3) is 4.74. The minimum Gasteiger partial charge on any atom is -0.465 e. The zero-order chi connectivity index (χ0) is 15.2. The van der Waals surface area contributed by atoms with Gasteiger partial charge in [-0.2, -0.15) is 0 Å². The van der Waals surface area contributed by atoms with Gasteiger partial charge in [0.2, 0.25) is 0 Å². The fourth-order valence-corrected chi connectivity index (χ4v) is 2.89. The summed E-state index contributed by atoms with van der Waals surface area (Å²) in [5.74, 6) is 0.586. The molecule has 0 radical (unpaired) electrons. The number of piperidine rings is 1. The molecule has 1 heterocycles. The standard InChI is InChI=1S/C16H32N2O2/c1-6-10-17-16(5,15(19)20-7-2)12-18-11-13(3)8-9-14(18)4/h13-14,17H,6-12H2,1-5H3. The van der Waals surface area contributed by atoms with E-state index in [1.807, 2.05) is 13.8 Å². The first-order valence-electron chi connectivity index (χ1n) is 8.09. The molecule has 0 saturated carbocycles. The Morgan fingerprint density at radius 1 is 1.35 bits per heavy atom. The molecule has 4 nitrogen and oxygen atoms in total. The Bertz CT molecular complexity index is 309. The fraction of sp³-hybridized carbons (Fsp3) is 0.938. The van der Waals surface area contributed by atoms with Crippen LogP contribution >= 0.6 is 0 Å². The van der Waals surface area contributed by atoms with E-state index < -0.39 is 5.54 Å². The van der Waals surface area contributed by atoms with E-state index in [4.69, 9.17) is 4.74 Å². The van der Waals surface area contributed by atoms with Crippen LogP contribution in [0.3, 0.4) is 0 Å². The minimum atomic E-state index is -0.600. The lowest BCUT2D eigenvalue weighted by atomic mass is 9.92. The van der Waals surface area contributed by atoms with Crippen molar-refractivity contribution < 1.29 is 9.53 Å². The molecule has 0 bridgehead atoms. The van der Waals surface area contributed by atoms with Crippen LogP contribution < -0.4 is 5.32 Å². The van der Waals surface area contributed by atoms with Crippen LogP contribution in [0.1, 0.15) is 53.9 Å². The van der Waals surface area contributed by atoms with Gasteiger partial charge < -0.3 is 10.1 Å². The molecule has 0 amide bonds. The number of carbonyl (C=O) groups excluding carboxylic acids is 1. The highest BCUT2D eigenvalue weighted by Crippen LogP contribution is 2.23. The van der Waals surface area contributed by atoms with Crippen LogP contribution in [0.15, 0.2) is 0 Å². The van der Waals surface area contributed by atoms with Crippen molar-refractivity contribution in [3.8, 4) is 0 Å². The molecule has 0 aromatic rings. The zero-order valence-corrected chi connectivity index (χ0v) is 13.9. The van der Waals surface area contributed by atoms with E-state index >= 15 is 0 Å². The molecule has 1 N–H and O–H groups in total. The smallest absolute Gasteiger partial charge is 0.327 e. The maximum Gasteiger partial charge on any atom is 0.327 e. The van der Waals surface area contributed by atoms with Gasteiger partial charge in [0.1, 0.15) is 5.54 Å². The van der Waals surface area contributed by atoms with E-state index in [1.54, 1.807) is 0 Å². The van der Waals surface area contributed by atoms with Crippen LogP contribution in [-0.4, -0.2) is 48.7 Å². The van der Waals surface area contributed by atoms with Crippen LogP contribution in [-0.2, 0) is 9.53 Å². The van der Waals surface area contributed by atoms with Crippen molar-refractivity contribution in [1.82, 2.24) is 10.2 Å². The third-order valence-corrected chi connectivity index (χ3v) is 4.26. The van der Waals surface area contributed by atoms with Gasteiger partial charge in [-0.05, 0) is 52.5 Å². The van der Waals surface area contributed by atoms with Gasteiger partial charge in [-0.3, -0.25) is 9.69 Å². The molecule has 1 fully saturated rings. The monoisotopic (exact) mass is 284 g/mol. The summed E-state index contributed by atoms with van der Waals surface area (Å²) >= 11 is 0. The highest BCUT2D eigenvalue weighted by atomic mass is 16.5. The predicted molar refractivity (Wildman–Crippen MR) is 82.8 cm³/mol. The Balaban J connectivity index is 2.74. The zero-order valence-electron chi connectivity index (χ0n) is 13.9. The lowest BCUT2D eigenvalue weighted by Gasteiger charge is -2.41. The van der Waals surface area contributed by atoms with Crippen molar-refractivity contribution in [3.05, 3.63) is 0 Å². The highest BCUT2D eigenvalue weighted by Gasteiger charge is 2.38. The molecule has 3 unspecified atom stereocenters. The molecule has 1 aliphatic rings. The second kappa shape index (κ2) is 7.99. The average Bonchev–Trinajstić information content (AvgIpc) is 2.41. The normalized spacial score (nSPS) is 27.1. The molecule has 0 spiro atoms. The summed E-state index contributed by atoms with van der Waals surface area (Å²) in [4.78, 5) is 14.8. The molecule has 4 heteroatoms. The molecule has 1 saturated heterocycles. The van der Waals surface area contributed by atoms with Crippen LogP contribution in [0.4, 0.5) is 0 Å². The van der Waals surface area contributed by atoms with E-state index in [0.717, 1.165) is 26.1 Å². The molecule has 1 aliphatic heterocycles. The SMILES string of the molecule is CCCNC(C)(CN1CC(C)CCC1C)C(=O)OCC. The molecule has 0 aromatic heterocycles. The highest BCUT2D eigenvalue weighted by molar-refractivity contribution is 5.80. The van der Waals surface area contributed by atoms with Gasteiger partial charge in [0.05, 0.1) is 6.61 Å². The number of nitrogens with one attached hydrogen (secondary N) is 1. The topological polar surface area (TPSA) is 41.6 Å². The Labute approximate surface area is 124 Å². The lowest BCUT2D eigenvalue weighted by molar-refractivity contribution is -0.152. The van der Waals surface area contributed by atoms with Crippen molar-refractivity contribution in [1.29, 1.82) is 0 Å². The first kappa shape index (κ1) is 17.4. The van der Waals surface area contributed by atoms with Gasteiger partial charge in [0.15, 0.2) is 0 Å². The lowest BCUT2D eigenvalue weighted by Crippen LogP contribution is -2.60. The third-order valence-electron chi connectivity index (χ3n) is 4.26. The number of esters is 1. The molecule has 1 rings (SSSR count). The molecule has 0 aliphatic carbocycles. The quantitative estimate of drug-likeness (QED) is 0.729. The minimum absolute atomic E-state index is 0.126. The summed E-state index contributed by atoms with van der Waals surface area (Å²) in [6.45, 7) is 13.6. The van der Waals surface area contributed by atoms with Crippen LogP contribution in [0.2, 0.25) is 0 Å². The molecular weight excluding hydrogens is 252 g/mol. The maximum atomic E-state index is 12.3. The summed E-state index contributed by atoms with van der Waals surface area (Å²) in [7, 11) is 0. The first-order chi connectivity index (χ1) is 9.42. The maximum absolute atomic E-state index is 12.3. The Kier molecular flexibility index (Phi) is 6.96. The van der Waals surface area contributed by atoms with E-state index in [1.165, 1.54) is 12.8 Å². The Hall–Kier alpha value is -0.610. The molecular formula is C16H32N2O2. The molecule has 3 atom stereocenters. The van der Waals surface area contributed by atoms with Crippen molar-refractivity contribution in [2.24, 2.45) is 5.92 Å². The first-order valence-corrected chi connectivity index (χ1v) is 8.09. The Morgan fingerprint density at radius 3 is 2.65 bits per heavy atom. The van der Waals surface area contributed by atoms with Crippen molar-refractivity contribution in [2.45, 2.75) is 65.5 Å². The van der Waals surface area contributed by atoms with Crippen LogP contribution in [0, 0.1) is 5.92 Å². The Morgan fingerprint density at radius 2 is 2.05 bits per heavy atom. The molecule has 20 heavy (non-hydrogen) atoms. The fourth-order valence-electron chi connectivity index (χ4n) is 2.89. The second-order valence-corrected chi connectivity index (χ2v) is 6.44. The summed E-state index contributed by atoms with van der Waals surface area (Å²) < 4.78 is 5.28. The number of carbonyl (C=O) groups is 1. The van der Waals surface area contributed by atoms with Crippen LogP contribution in [0.25, 0.3) is 0 Å². The van der Waals surface area contributed by atoms with E-state index in [9.17, 15) is 4.79 Å². The van der Waals surface area contributed by atoms with Gasteiger partial charge in [0.25, 0.3) is 0 Å². The molecule has 0 aromatic carbocycles. The van der Waals surface area contributed by atoms with E-state index in [0.29, 0.717) is 18.6 Å². The van der Waals surface area contributed by atoms with E-state index in [2.05, 4.69) is 31.0 Å². The van der Waals surface area contributed by atoms with Crippen molar-refractivity contribution >= 4 is 5.97 Å². The second-order valence-electron chi connectivity index (χ2n) is 6.44. The number of hydrogen-bond donors (Lipinski definition) is 1. The van der Waals surface area contributed by atoms with Gasteiger partial charge in [0, 0.05) is 19.1 Å². The van der Waals surface area contributed by atoms with Gasteiger partial charge in [-0.25, -0.2) is 0 Å². The van der Waals surface area contributed by atoms with Crippen LogP contribution in [0.5, 0.6) is 0 Å². The van der Waals surface area contributed by atoms with E-state index in [-0.39, 0.29) is 5.97 Å². The van der Waals surface area contributed by atoms with Crippen molar-refractivity contribution in [3.63, 3.8) is 0 Å². The largest absolute Gasteiger partial charge is 0.465 e. The predicted octanol–water partition coefficient (Wildman–Crippen LogP) is 2.43. The van der Waals surface area contributed by atoms with Gasteiger partial charge >= 0.3 is 5.97 Å². The number of ether oxygens (including phenoxy) is 1. The summed E-state index contributed by atoms with van der Waals surface area (Å²) in [5.41, 5.74) is -0.600. The summed E-state index contributed by atoms with van der Waals surface area (Å²) in [5, 5.41) is 3.40. The molecule has 118 valence electrons. The number of rotatable bonds is 7. The summed E-state index contributed by atoms with van der Waals surface area (Å²) in [6.07, 6.45) is 3.52. The van der Waals surface area contributed by atoms with Crippen molar-refractivity contribution in [2.75, 3.05) is 26.2 Å². The number of nitrogens with zero attached hydrogens (tertiary/aromatic N) is 1. The number of likely N-dealkylation sites (tertiary alicyclic amines) is 1. The summed E-state index contributed by atoms with van der Waals surface area (Å²) in [6, 6.07) is 0.545.